The fourth-order valence-corrected chi connectivity index (χ4v) is 2.09. The molecule has 0 saturated carbocycles. The number of rotatable bonds is 3. The molecular formula is C16H9BrFNO. The van der Waals surface area contributed by atoms with E-state index in [1.54, 1.807) is 12.1 Å². The maximum Gasteiger partial charge on any atom is 0.203 e. The van der Waals surface area contributed by atoms with Crippen LogP contribution >= 0.6 is 15.9 Å². The molecule has 0 unspecified atom stereocenters. The van der Waals surface area contributed by atoms with Crippen LogP contribution in [0.2, 0.25) is 0 Å². The highest BCUT2D eigenvalue weighted by Crippen LogP contribution is 2.16. The van der Waals surface area contributed by atoms with Crippen LogP contribution in [-0.4, -0.2) is 5.78 Å². The predicted molar refractivity (Wildman–Crippen MR) is 78.5 cm³/mol. The molecule has 2 aromatic carbocycles. The van der Waals surface area contributed by atoms with Crippen molar-refractivity contribution in [2.75, 3.05) is 0 Å². The molecule has 0 amide bonds. The molecule has 0 aromatic heterocycles. The molecule has 0 heterocycles. The molecule has 4 heteroatoms. The van der Waals surface area contributed by atoms with E-state index in [0.29, 0.717) is 0 Å². The molecule has 0 aliphatic rings. The molecule has 0 N–H and O–H groups in total. The molecule has 0 aliphatic carbocycles. The van der Waals surface area contributed by atoms with Crippen molar-refractivity contribution in [2.45, 2.75) is 0 Å². The van der Waals surface area contributed by atoms with Crippen molar-refractivity contribution in [3.8, 4) is 6.07 Å². The lowest BCUT2D eigenvalue weighted by Crippen LogP contribution is -2.01. The summed E-state index contributed by atoms with van der Waals surface area (Å²) in [5.74, 6) is -0.844. The molecule has 0 radical (unpaired) electrons. The Morgan fingerprint density at radius 3 is 2.50 bits per heavy atom. The Morgan fingerprint density at radius 2 is 1.90 bits per heavy atom. The molecule has 20 heavy (non-hydrogen) atoms. The number of nitriles is 1. The molecule has 0 bridgehead atoms. The third kappa shape index (κ3) is 3.40. The molecule has 2 nitrogen and oxygen atoms in total. The molecule has 0 spiro atoms. The van der Waals surface area contributed by atoms with Crippen molar-refractivity contribution >= 4 is 27.8 Å². The summed E-state index contributed by atoms with van der Waals surface area (Å²) in [5.41, 5.74) is 1.04. The van der Waals surface area contributed by atoms with Crippen molar-refractivity contribution in [1.29, 1.82) is 5.26 Å². The SMILES string of the molecule is N#C/C(=C\c1cccc(Br)c1)C(=O)c1ccc(F)cc1. The van der Waals surface area contributed by atoms with Gasteiger partial charge in [-0.05, 0) is 48.0 Å². The van der Waals surface area contributed by atoms with Crippen LogP contribution in [0, 0.1) is 17.1 Å². The van der Waals surface area contributed by atoms with Crippen LogP contribution in [0.5, 0.6) is 0 Å². The number of allylic oxidation sites excluding steroid dienone is 1. The topological polar surface area (TPSA) is 40.9 Å². The van der Waals surface area contributed by atoms with Gasteiger partial charge in [0.05, 0.1) is 0 Å². The summed E-state index contributed by atoms with van der Waals surface area (Å²) in [4.78, 5) is 12.2. The average molecular weight is 330 g/mol. The molecule has 0 atom stereocenters. The van der Waals surface area contributed by atoms with Gasteiger partial charge in [0, 0.05) is 10.0 Å². The second kappa shape index (κ2) is 6.27. The third-order valence-electron chi connectivity index (χ3n) is 2.63. The predicted octanol–water partition coefficient (Wildman–Crippen LogP) is 4.38. The fraction of sp³-hybridized carbons (Fsp3) is 0. The van der Waals surface area contributed by atoms with Crippen LogP contribution in [0.25, 0.3) is 6.08 Å². The minimum atomic E-state index is -0.424. The van der Waals surface area contributed by atoms with E-state index in [-0.39, 0.29) is 11.1 Å². The average Bonchev–Trinajstić information content (AvgIpc) is 2.45. The first-order valence-corrected chi connectivity index (χ1v) is 6.57. The van der Waals surface area contributed by atoms with E-state index in [1.807, 2.05) is 18.2 Å². The van der Waals surface area contributed by atoms with Crippen LogP contribution in [0.1, 0.15) is 15.9 Å². The first-order valence-electron chi connectivity index (χ1n) is 5.78. The van der Waals surface area contributed by atoms with Crippen molar-refractivity contribution in [3.05, 3.63) is 75.5 Å². The number of ketones is 1. The number of halogens is 2. The van der Waals surface area contributed by atoms with Crippen molar-refractivity contribution in [2.24, 2.45) is 0 Å². The fourth-order valence-electron chi connectivity index (χ4n) is 1.67. The maximum atomic E-state index is 12.8. The van der Waals surface area contributed by atoms with E-state index < -0.39 is 11.6 Å². The van der Waals surface area contributed by atoms with Gasteiger partial charge in [-0.1, -0.05) is 28.1 Å². The van der Waals surface area contributed by atoms with Gasteiger partial charge in [-0.2, -0.15) is 5.26 Å². The van der Waals surface area contributed by atoms with Crippen molar-refractivity contribution in [1.82, 2.24) is 0 Å². The zero-order chi connectivity index (χ0) is 14.5. The Labute approximate surface area is 124 Å². The molecule has 0 fully saturated rings. The Kier molecular flexibility index (Phi) is 4.44. The summed E-state index contributed by atoms with van der Waals surface area (Å²) < 4.78 is 13.7. The summed E-state index contributed by atoms with van der Waals surface area (Å²) in [6.07, 6.45) is 1.51. The van der Waals surface area contributed by atoms with E-state index in [2.05, 4.69) is 15.9 Å². The Morgan fingerprint density at radius 1 is 1.20 bits per heavy atom. The Hall–Kier alpha value is -2.25. The van der Waals surface area contributed by atoms with Crippen LogP contribution in [0.3, 0.4) is 0 Å². The Bertz CT molecular complexity index is 714. The molecule has 0 saturated heterocycles. The zero-order valence-electron chi connectivity index (χ0n) is 10.3. The summed E-state index contributed by atoms with van der Waals surface area (Å²) in [6.45, 7) is 0. The third-order valence-corrected chi connectivity index (χ3v) is 3.12. The van der Waals surface area contributed by atoms with E-state index >= 15 is 0 Å². The van der Waals surface area contributed by atoms with E-state index in [9.17, 15) is 9.18 Å². The number of nitrogens with zero attached hydrogens (tertiary/aromatic N) is 1. The van der Waals surface area contributed by atoms with Gasteiger partial charge in [0.25, 0.3) is 0 Å². The lowest BCUT2D eigenvalue weighted by Gasteiger charge is -2.00. The number of benzene rings is 2. The molecule has 0 aliphatic heterocycles. The van der Waals surface area contributed by atoms with Crippen LogP contribution in [0.15, 0.2) is 58.6 Å². The first kappa shape index (κ1) is 14.2. The number of carbonyl (C=O) groups is 1. The zero-order valence-corrected chi connectivity index (χ0v) is 11.9. The molecule has 2 aromatic rings. The first-order chi connectivity index (χ1) is 9.60. The lowest BCUT2D eigenvalue weighted by atomic mass is 10.0. The smallest absolute Gasteiger partial charge is 0.203 e. The normalized spacial score (nSPS) is 10.9. The number of hydrogen-bond acceptors (Lipinski definition) is 2. The van der Waals surface area contributed by atoms with Gasteiger partial charge in [-0.15, -0.1) is 0 Å². The second-order valence-corrected chi connectivity index (χ2v) is 4.98. The highest BCUT2D eigenvalue weighted by Gasteiger charge is 2.12. The van der Waals surface area contributed by atoms with Crippen molar-refractivity contribution in [3.63, 3.8) is 0 Å². The van der Waals surface area contributed by atoms with Crippen LogP contribution in [0.4, 0.5) is 4.39 Å². The highest BCUT2D eigenvalue weighted by molar-refractivity contribution is 9.10. The number of Topliss-reactive ketones (excluding diaryl/α,β-unsaturated/α-hetero) is 1. The van der Waals surface area contributed by atoms with Crippen LogP contribution in [-0.2, 0) is 0 Å². The minimum absolute atomic E-state index is 0.00899. The summed E-state index contributed by atoms with van der Waals surface area (Å²) in [6, 6.07) is 14.3. The van der Waals surface area contributed by atoms with Gasteiger partial charge < -0.3 is 0 Å². The van der Waals surface area contributed by atoms with Gasteiger partial charge in [-0.25, -0.2) is 4.39 Å². The number of hydrogen-bond donors (Lipinski definition) is 0. The second-order valence-electron chi connectivity index (χ2n) is 4.06. The van der Waals surface area contributed by atoms with Gasteiger partial charge in [0.2, 0.25) is 5.78 Å². The molecule has 2 rings (SSSR count). The summed E-state index contributed by atoms with van der Waals surface area (Å²) >= 11 is 3.33. The van der Waals surface area contributed by atoms with Gasteiger partial charge >= 0.3 is 0 Å². The number of carbonyl (C=O) groups excluding carboxylic acids is 1. The monoisotopic (exact) mass is 329 g/mol. The van der Waals surface area contributed by atoms with Crippen molar-refractivity contribution < 1.29 is 9.18 Å². The van der Waals surface area contributed by atoms with Gasteiger partial charge in [-0.3, -0.25) is 4.79 Å². The molecule has 98 valence electrons. The maximum absolute atomic E-state index is 12.8. The lowest BCUT2D eigenvalue weighted by molar-refractivity contribution is 0.104. The molecular weight excluding hydrogens is 321 g/mol. The van der Waals surface area contributed by atoms with Crippen LogP contribution < -0.4 is 0 Å². The van der Waals surface area contributed by atoms with Gasteiger partial charge in [0.15, 0.2) is 0 Å². The van der Waals surface area contributed by atoms with E-state index in [0.717, 1.165) is 10.0 Å². The van der Waals surface area contributed by atoms with Gasteiger partial charge in [0.1, 0.15) is 17.5 Å². The summed E-state index contributed by atoms with van der Waals surface area (Å²) in [5, 5.41) is 9.12. The minimum Gasteiger partial charge on any atom is -0.288 e. The highest BCUT2D eigenvalue weighted by atomic mass is 79.9. The van der Waals surface area contributed by atoms with E-state index in [1.165, 1.54) is 30.3 Å². The quantitative estimate of drug-likeness (QED) is 0.476. The largest absolute Gasteiger partial charge is 0.288 e. The summed E-state index contributed by atoms with van der Waals surface area (Å²) in [7, 11) is 0. The van der Waals surface area contributed by atoms with E-state index in [4.69, 9.17) is 5.26 Å². The Balaban J connectivity index is 2.35. The standard InChI is InChI=1S/C16H9BrFNO/c17-14-3-1-2-11(9-14)8-13(10-19)16(20)12-4-6-15(18)7-5-12/h1-9H/b13-8+.